The highest BCUT2D eigenvalue weighted by Crippen LogP contribution is 2.40. The summed E-state index contributed by atoms with van der Waals surface area (Å²) in [6, 6.07) is 5.27. The number of thiophene rings is 1. The van der Waals surface area contributed by atoms with E-state index in [1.54, 1.807) is 0 Å². The van der Waals surface area contributed by atoms with Gasteiger partial charge in [-0.25, -0.2) is 13.2 Å². The summed E-state index contributed by atoms with van der Waals surface area (Å²) in [6.07, 6.45) is 2.60. The summed E-state index contributed by atoms with van der Waals surface area (Å²) in [7, 11) is -2.73. The van der Waals surface area contributed by atoms with Crippen LogP contribution >= 0.6 is 11.3 Å². The Morgan fingerprint density at radius 1 is 1.22 bits per heavy atom. The Morgan fingerprint density at radius 2 is 1.92 bits per heavy atom. The van der Waals surface area contributed by atoms with E-state index < -0.39 is 26.6 Å². The number of rotatable bonds is 7. The van der Waals surface area contributed by atoms with Gasteiger partial charge in [0.1, 0.15) is 5.00 Å². The molecule has 0 radical (unpaired) electrons. The Kier molecular flexibility index (Phi) is 7.73. The van der Waals surface area contributed by atoms with Gasteiger partial charge in [0.05, 0.1) is 24.1 Å². The molecule has 2 aromatic rings. The molecular weight excluding hydrogens is 508 g/mol. The quantitative estimate of drug-likeness (QED) is 0.324. The topological polar surface area (TPSA) is 139 Å². The minimum Gasteiger partial charge on any atom is -0.465 e. The van der Waals surface area contributed by atoms with Crippen molar-refractivity contribution in [2.75, 3.05) is 45.2 Å². The van der Waals surface area contributed by atoms with Crippen LogP contribution in [0.25, 0.3) is 0 Å². The lowest BCUT2D eigenvalue weighted by atomic mass is 9.88. The first kappa shape index (κ1) is 26.2. The number of carbonyl (C=O) groups is 2. The molecule has 0 saturated carbocycles. The first-order valence-electron chi connectivity index (χ1n) is 11.6. The zero-order valence-corrected chi connectivity index (χ0v) is 21.7. The van der Waals surface area contributed by atoms with Crippen LogP contribution in [-0.4, -0.2) is 74.3 Å². The molecule has 13 heteroatoms. The summed E-state index contributed by atoms with van der Waals surface area (Å²) < 4.78 is 32.2. The lowest BCUT2D eigenvalue weighted by Gasteiger charge is -2.33. The van der Waals surface area contributed by atoms with Crippen molar-refractivity contribution in [3.8, 4) is 0 Å². The molecule has 194 valence electrons. The van der Waals surface area contributed by atoms with E-state index in [2.05, 4.69) is 12.2 Å². The van der Waals surface area contributed by atoms with Crippen LogP contribution < -0.4 is 5.32 Å². The van der Waals surface area contributed by atoms with Gasteiger partial charge in [-0.1, -0.05) is 19.1 Å². The maximum absolute atomic E-state index is 13.0. The third kappa shape index (κ3) is 5.28. The smallest absolute Gasteiger partial charge is 0.341 e. The van der Waals surface area contributed by atoms with Gasteiger partial charge in [0, 0.05) is 37.1 Å². The van der Waals surface area contributed by atoms with Gasteiger partial charge in [0.2, 0.25) is 15.9 Å². The normalized spacial score (nSPS) is 18.9. The minimum atomic E-state index is -4.05. The first-order valence-corrected chi connectivity index (χ1v) is 13.9. The lowest BCUT2D eigenvalue weighted by molar-refractivity contribution is -0.387. The molecule has 1 aromatic heterocycles. The molecule has 2 aliphatic rings. The molecule has 1 aliphatic heterocycles. The molecule has 0 bridgehead atoms. The molecule has 36 heavy (non-hydrogen) atoms. The third-order valence-electron chi connectivity index (χ3n) is 6.53. The van der Waals surface area contributed by atoms with Crippen molar-refractivity contribution in [1.29, 1.82) is 0 Å². The van der Waals surface area contributed by atoms with Crippen LogP contribution in [0.15, 0.2) is 29.2 Å². The standard InChI is InChI=1S/C23H28N4O7S2/c1-15-7-8-16-18(13-15)35-22(21(16)23(29)34-2)24-20(28)14-25-9-11-26(12-10-25)36(32,33)19-6-4-3-5-17(19)27(30)31/h3-6,15H,7-14H2,1-2H3,(H,24,28). The highest BCUT2D eigenvalue weighted by Gasteiger charge is 2.34. The summed E-state index contributed by atoms with van der Waals surface area (Å²) >= 11 is 1.41. The average molecular weight is 537 g/mol. The maximum atomic E-state index is 13.0. The van der Waals surface area contributed by atoms with E-state index in [1.807, 2.05) is 4.90 Å². The number of fused-ring (bicyclic) bond motifs is 1. The Labute approximate surface area is 213 Å². The van der Waals surface area contributed by atoms with Gasteiger partial charge in [-0.2, -0.15) is 4.31 Å². The second kappa shape index (κ2) is 10.6. The summed E-state index contributed by atoms with van der Waals surface area (Å²) in [5, 5.41) is 14.6. The van der Waals surface area contributed by atoms with Gasteiger partial charge in [0.15, 0.2) is 4.90 Å². The molecule has 1 N–H and O–H groups in total. The highest BCUT2D eigenvalue weighted by atomic mass is 32.2. The molecule has 1 saturated heterocycles. The predicted octanol–water partition coefficient (Wildman–Crippen LogP) is 2.51. The molecule has 11 nitrogen and oxygen atoms in total. The molecule has 0 spiro atoms. The maximum Gasteiger partial charge on any atom is 0.341 e. The van der Waals surface area contributed by atoms with E-state index in [0.717, 1.165) is 29.7 Å². The number of ether oxygens (including phenoxy) is 1. The second-order valence-corrected chi connectivity index (χ2v) is 12.0. The molecular formula is C23H28N4O7S2. The molecule has 1 atom stereocenters. The number of nitro benzene ring substituents is 1. The van der Waals surface area contributed by atoms with E-state index >= 15 is 0 Å². The number of methoxy groups -OCH3 is 1. The number of nitro groups is 1. The SMILES string of the molecule is COC(=O)c1c(NC(=O)CN2CCN(S(=O)(=O)c3ccccc3[N+](=O)[O-])CC2)sc2c1CCC(C)C2. The Morgan fingerprint density at radius 3 is 2.58 bits per heavy atom. The van der Waals surface area contributed by atoms with Gasteiger partial charge < -0.3 is 10.1 Å². The Hall–Kier alpha value is -2.87. The van der Waals surface area contributed by atoms with Crippen molar-refractivity contribution >= 4 is 43.9 Å². The fourth-order valence-electron chi connectivity index (χ4n) is 4.62. The molecule has 4 rings (SSSR count). The van der Waals surface area contributed by atoms with Crippen molar-refractivity contribution in [3.05, 3.63) is 50.4 Å². The van der Waals surface area contributed by atoms with Crippen LogP contribution in [0.3, 0.4) is 0 Å². The van der Waals surface area contributed by atoms with Crippen LogP contribution in [-0.2, 0) is 32.4 Å². The fourth-order valence-corrected chi connectivity index (χ4v) is 7.61. The number of benzene rings is 1. The predicted molar refractivity (Wildman–Crippen MR) is 134 cm³/mol. The molecule has 2 heterocycles. The minimum absolute atomic E-state index is 0.0267. The number of nitrogens with zero attached hydrogens (tertiary/aromatic N) is 3. The molecule has 1 fully saturated rings. The molecule has 1 aromatic carbocycles. The number of esters is 1. The summed E-state index contributed by atoms with van der Waals surface area (Å²) in [6.45, 7) is 2.96. The number of hydrogen-bond acceptors (Lipinski definition) is 9. The summed E-state index contributed by atoms with van der Waals surface area (Å²) in [5.74, 6) is -0.261. The lowest BCUT2D eigenvalue weighted by Crippen LogP contribution is -2.50. The van der Waals surface area contributed by atoms with Crippen LogP contribution in [0.4, 0.5) is 10.7 Å². The van der Waals surface area contributed by atoms with Crippen LogP contribution in [0.1, 0.15) is 34.1 Å². The van der Waals surface area contributed by atoms with Gasteiger partial charge >= 0.3 is 5.97 Å². The number of anilines is 1. The monoisotopic (exact) mass is 536 g/mol. The van der Waals surface area contributed by atoms with Crippen molar-refractivity contribution < 1.29 is 27.7 Å². The van der Waals surface area contributed by atoms with E-state index in [9.17, 15) is 28.1 Å². The number of carbonyl (C=O) groups excluding carboxylic acids is 2. The van der Waals surface area contributed by atoms with E-state index in [1.165, 1.54) is 47.0 Å². The number of para-hydroxylation sites is 1. The third-order valence-corrected chi connectivity index (χ3v) is 9.65. The molecule has 1 aliphatic carbocycles. The molecule has 1 amide bonds. The van der Waals surface area contributed by atoms with Crippen molar-refractivity contribution in [1.82, 2.24) is 9.21 Å². The number of hydrogen-bond donors (Lipinski definition) is 1. The van der Waals surface area contributed by atoms with Gasteiger partial charge in [-0.05, 0) is 36.8 Å². The fraction of sp³-hybridized carbons (Fsp3) is 0.478. The van der Waals surface area contributed by atoms with E-state index in [4.69, 9.17) is 4.74 Å². The van der Waals surface area contributed by atoms with E-state index in [0.29, 0.717) is 16.5 Å². The number of sulfonamides is 1. The van der Waals surface area contributed by atoms with Crippen molar-refractivity contribution in [2.45, 2.75) is 31.1 Å². The first-order chi connectivity index (χ1) is 17.1. The number of piperazine rings is 1. The van der Waals surface area contributed by atoms with Gasteiger partial charge in [-0.3, -0.25) is 19.8 Å². The van der Waals surface area contributed by atoms with Crippen molar-refractivity contribution in [2.24, 2.45) is 5.92 Å². The summed E-state index contributed by atoms with van der Waals surface area (Å²) in [4.78, 5) is 38.4. The van der Waals surface area contributed by atoms with Crippen molar-refractivity contribution in [3.63, 3.8) is 0 Å². The van der Waals surface area contributed by atoms with Crippen LogP contribution in [0.2, 0.25) is 0 Å². The number of nitrogens with one attached hydrogen (secondary N) is 1. The Balaban J connectivity index is 1.40. The molecule has 1 unspecified atom stereocenters. The Bertz CT molecular complexity index is 1280. The summed E-state index contributed by atoms with van der Waals surface area (Å²) in [5.41, 5.74) is 0.918. The largest absolute Gasteiger partial charge is 0.465 e. The van der Waals surface area contributed by atoms with Crippen LogP contribution in [0.5, 0.6) is 0 Å². The van der Waals surface area contributed by atoms with Crippen LogP contribution in [0, 0.1) is 16.0 Å². The zero-order valence-electron chi connectivity index (χ0n) is 20.1. The van der Waals surface area contributed by atoms with E-state index in [-0.39, 0.29) is 43.5 Å². The highest BCUT2D eigenvalue weighted by molar-refractivity contribution is 7.89. The van der Waals surface area contributed by atoms with Gasteiger partial charge in [0.25, 0.3) is 5.69 Å². The van der Waals surface area contributed by atoms with Gasteiger partial charge in [-0.15, -0.1) is 11.3 Å². The average Bonchev–Trinajstić information content (AvgIpc) is 3.20. The zero-order chi connectivity index (χ0) is 26.0. The second-order valence-electron chi connectivity index (χ2n) is 9.00. The number of amides is 1.